The molecule has 2 aromatic rings. The van der Waals surface area contributed by atoms with Crippen LogP contribution in [0.1, 0.15) is 42.9 Å². The van der Waals surface area contributed by atoms with Gasteiger partial charge in [-0.05, 0) is 49.7 Å². The van der Waals surface area contributed by atoms with Crippen molar-refractivity contribution in [3.8, 4) is 11.5 Å². The van der Waals surface area contributed by atoms with Crippen LogP contribution in [0.25, 0.3) is 0 Å². The Morgan fingerprint density at radius 1 is 1.10 bits per heavy atom. The van der Waals surface area contributed by atoms with Crippen LogP contribution in [-0.4, -0.2) is 55.4 Å². The Bertz CT molecular complexity index is 972. The molecular formula is C24H28ClN3O3. The second-order valence-corrected chi connectivity index (χ2v) is 8.34. The van der Waals surface area contributed by atoms with Crippen molar-refractivity contribution in [2.45, 2.75) is 31.7 Å². The van der Waals surface area contributed by atoms with E-state index in [9.17, 15) is 4.79 Å². The van der Waals surface area contributed by atoms with Crippen molar-refractivity contribution in [1.29, 1.82) is 0 Å². The maximum atomic E-state index is 13.3. The predicted octanol–water partition coefficient (Wildman–Crippen LogP) is 4.52. The molecule has 1 fully saturated rings. The first kappa shape index (κ1) is 21.7. The average Bonchev–Trinajstić information content (AvgIpc) is 3.24. The standard InChI is InChI=1S/C24H28ClN3O3/c1-30-17-10-11-19(23(14-17)31-2)21-15-22(18-8-4-5-9-20(18)25)28(26-21)24(29)16-27-12-6-3-7-13-27/h4-5,8-11,14,22H,3,6-7,12-13,15-16H2,1-2H3/t22-/m0/s1. The molecule has 0 aromatic heterocycles. The normalized spacial score (nSPS) is 19.3. The van der Waals surface area contributed by atoms with Crippen LogP contribution >= 0.6 is 11.6 Å². The lowest BCUT2D eigenvalue weighted by atomic mass is 9.97. The van der Waals surface area contributed by atoms with E-state index >= 15 is 0 Å². The van der Waals surface area contributed by atoms with E-state index < -0.39 is 0 Å². The number of halogens is 1. The first-order valence-electron chi connectivity index (χ1n) is 10.7. The van der Waals surface area contributed by atoms with Crippen molar-refractivity contribution >= 4 is 23.2 Å². The van der Waals surface area contributed by atoms with Crippen LogP contribution in [0, 0.1) is 0 Å². The molecule has 1 saturated heterocycles. The Hall–Kier alpha value is -2.57. The summed E-state index contributed by atoms with van der Waals surface area (Å²) in [5.41, 5.74) is 2.56. The predicted molar refractivity (Wildman–Crippen MR) is 122 cm³/mol. The Balaban J connectivity index is 1.66. The van der Waals surface area contributed by atoms with Gasteiger partial charge in [0.05, 0.1) is 32.5 Å². The molecule has 2 aliphatic rings. The quantitative estimate of drug-likeness (QED) is 0.661. The van der Waals surface area contributed by atoms with E-state index in [0.717, 1.165) is 42.8 Å². The minimum atomic E-state index is -0.243. The molecule has 0 aliphatic carbocycles. The van der Waals surface area contributed by atoms with Crippen LogP contribution in [0.2, 0.25) is 5.02 Å². The molecule has 31 heavy (non-hydrogen) atoms. The number of hydrazone groups is 1. The van der Waals surface area contributed by atoms with Crippen LogP contribution < -0.4 is 9.47 Å². The smallest absolute Gasteiger partial charge is 0.257 e. The second kappa shape index (κ2) is 9.71. The minimum Gasteiger partial charge on any atom is -0.497 e. The Kier molecular flexibility index (Phi) is 6.78. The number of likely N-dealkylation sites (tertiary alicyclic amines) is 1. The highest BCUT2D eigenvalue weighted by Gasteiger charge is 2.35. The van der Waals surface area contributed by atoms with Gasteiger partial charge in [-0.3, -0.25) is 9.69 Å². The molecule has 2 aromatic carbocycles. The summed E-state index contributed by atoms with van der Waals surface area (Å²) in [4.78, 5) is 15.5. The molecule has 0 radical (unpaired) electrons. The maximum absolute atomic E-state index is 13.3. The highest BCUT2D eigenvalue weighted by Crippen LogP contribution is 2.38. The summed E-state index contributed by atoms with van der Waals surface area (Å²) in [7, 11) is 3.24. The summed E-state index contributed by atoms with van der Waals surface area (Å²) in [6.45, 7) is 2.29. The van der Waals surface area contributed by atoms with Gasteiger partial charge in [-0.15, -0.1) is 0 Å². The molecule has 6 nitrogen and oxygen atoms in total. The number of piperidine rings is 1. The van der Waals surface area contributed by atoms with Gasteiger partial charge in [-0.25, -0.2) is 5.01 Å². The van der Waals surface area contributed by atoms with E-state index in [0.29, 0.717) is 29.5 Å². The zero-order chi connectivity index (χ0) is 21.8. The summed E-state index contributed by atoms with van der Waals surface area (Å²) in [5, 5.41) is 7.04. The molecule has 164 valence electrons. The molecule has 1 amide bonds. The number of methoxy groups -OCH3 is 2. The number of hydrogen-bond donors (Lipinski definition) is 0. The molecule has 0 bridgehead atoms. The Morgan fingerprint density at radius 3 is 2.58 bits per heavy atom. The second-order valence-electron chi connectivity index (χ2n) is 7.93. The Morgan fingerprint density at radius 2 is 1.87 bits per heavy atom. The molecule has 2 heterocycles. The third-order valence-electron chi connectivity index (χ3n) is 5.96. The van der Waals surface area contributed by atoms with Crippen molar-refractivity contribution < 1.29 is 14.3 Å². The highest BCUT2D eigenvalue weighted by molar-refractivity contribution is 6.31. The minimum absolute atomic E-state index is 0.00528. The van der Waals surface area contributed by atoms with Crippen molar-refractivity contribution in [1.82, 2.24) is 9.91 Å². The molecule has 0 unspecified atom stereocenters. The van der Waals surface area contributed by atoms with E-state index in [2.05, 4.69) is 4.90 Å². The zero-order valence-electron chi connectivity index (χ0n) is 18.0. The molecular weight excluding hydrogens is 414 g/mol. The number of carbonyl (C=O) groups excluding carboxylic acids is 1. The number of amides is 1. The zero-order valence-corrected chi connectivity index (χ0v) is 18.8. The maximum Gasteiger partial charge on any atom is 0.257 e. The largest absolute Gasteiger partial charge is 0.497 e. The molecule has 1 atom stereocenters. The van der Waals surface area contributed by atoms with E-state index in [1.807, 2.05) is 42.5 Å². The molecule has 7 heteroatoms. The summed E-state index contributed by atoms with van der Waals surface area (Å²) < 4.78 is 10.9. The third kappa shape index (κ3) is 4.70. The van der Waals surface area contributed by atoms with Gasteiger partial charge in [-0.1, -0.05) is 36.2 Å². The van der Waals surface area contributed by atoms with E-state index in [1.54, 1.807) is 19.2 Å². The Labute approximate surface area is 188 Å². The van der Waals surface area contributed by atoms with Crippen LogP contribution in [-0.2, 0) is 4.79 Å². The van der Waals surface area contributed by atoms with Crippen molar-refractivity contribution in [2.24, 2.45) is 5.10 Å². The molecule has 0 N–H and O–H groups in total. The van der Waals surface area contributed by atoms with Gasteiger partial charge >= 0.3 is 0 Å². The summed E-state index contributed by atoms with van der Waals surface area (Å²) in [6, 6.07) is 13.1. The third-order valence-corrected chi connectivity index (χ3v) is 6.30. The first-order valence-corrected chi connectivity index (χ1v) is 11.1. The SMILES string of the molecule is COc1ccc(C2=NN(C(=O)CN3CCCCC3)[C@H](c3ccccc3Cl)C2)c(OC)c1. The molecule has 0 saturated carbocycles. The van der Waals surface area contributed by atoms with Gasteiger partial charge in [0.2, 0.25) is 0 Å². The topological polar surface area (TPSA) is 54.4 Å². The molecule has 0 spiro atoms. The average molecular weight is 442 g/mol. The molecule has 2 aliphatic heterocycles. The van der Waals surface area contributed by atoms with Gasteiger partial charge in [0.25, 0.3) is 5.91 Å². The fourth-order valence-electron chi connectivity index (χ4n) is 4.31. The van der Waals surface area contributed by atoms with Crippen LogP contribution in [0.3, 0.4) is 0 Å². The van der Waals surface area contributed by atoms with Gasteiger partial charge in [-0.2, -0.15) is 5.10 Å². The lowest BCUT2D eigenvalue weighted by molar-refractivity contribution is -0.134. The van der Waals surface area contributed by atoms with Crippen molar-refractivity contribution in [3.63, 3.8) is 0 Å². The fourth-order valence-corrected chi connectivity index (χ4v) is 4.57. The van der Waals surface area contributed by atoms with Crippen LogP contribution in [0.4, 0.5) is 0 Å². The van der Waals surface area contributed by atoms with Gasteiger partial charge < -0.3 is 9.47 Å². The fraction of sp³-hybridized carbons (Fsp3) is 0.417. The first-order chi connectivity index (χ1) is 15.1. The highest BCUT2D eigenvalue weighted by atomic mass is 35.5. The number of rotatable bonds is 6. The van der Waals surface area contributed by atoms with E-state index in [1.165, 1.54) is 6.42 Å². The number of benzene rings is 2. The number of nitrogens with zero attached hydrogens (tertiary/aromatic N) is 3. The van der Waals surface area contributed by atoms with Gasteiger partial charge in [0.15, 0.2) is 0 Å². The lowest BCUT2D eigenvalue weighted by Crippen LogP contribution is -2.40. The van der Waals surface area contributed by atoms with Crippen LogP contribution in [0.15, 0.2) is 47.6 Å². The van der Waals surface area contributed by atoms with E-state index in [4.69, 9.17) is 26.2 Å². The van der Waals surface area contributed by atoms with Crippen molar-refractivity contribution in [2.75, 3.05) is 33.9 Å². The summed E-state index contributed by atoms with van der Waals surface area (Å²) >= 11 is 6.52. The monoisotopic (exact) mass is 441 g/mol. The van der Waals surface area contributed by atoms with E-state index in [-0.39, 0.29) is 11.9 Å². The number of hydrogen-bond acceptors (Lipinski definition) is 5. The van der Waals surface area contributed by atoms with Crippen molar-refractivity contribution in [3.05, 3.63) is 58.6 Å². The van der Waals surface area contributed by atoms with Gasteiger partial charge in [0.1, 0.15) is 11.5 Å². The lowest BCUT2D eigenvalue weighted by Gasteiger charge is -2.29. The van der Waals surface area contributed by atoms with Crippen LogP contribution in [0.5, 0.6) is 11.5 Å². The molecule has 4 rings (SSSR count). The number of carbonyl (C=O) groups is 1. The van der Waals surface area contributed by atoms with Gasteiger partial charge in [0, 0.05) is 23.1 Å². The summed E-state index contributed by atoms with van der Waals surface area (Å²) in [5.74, 6) is 1.37. The number of ether oxygens (including phenoxy) is 2. The summed E-state index contributed by atoms with van der Waals surface area (Å²) in [6.07, 6.45) is 4.08.